The van der Waals surface area contributed by atoms with Gasteiger partial charge in [-0.05, 0) is 12.1 Å². The highest BCUT2D eigenvalue weighted by atomic mass is 16.6. The van der Waals surface area contributed by atoms with Crippen molar-refractivity contribution in [2.45, 2.75) is 6.10 Å². The third-order valence-electron chi connectivity index (χ3n) is 2.64. The largest absolute Gasteiger partial charge is 0.409 e. The van der Waals surface area contributed by atoms with E-state index < -0.39 is 6.10 Å². The van der Waals surface area contributed by atoms with E-state index in [0.29, 0.717) is 24.5 Å². The SMILES string of the molecule is NC(=NO)c1cccc(NC(=O)C2COCCO2)c1. The monoisotopic (exact) mass is 265 g/mol. The van der Waals surface area contributed by atoms with Crippen molar-refractivity contribution in [3.8, 4) is 0 Å². The Balaban J connectivity index is 2.04. The Labute approximate surface area is 110 Å². The molecule has 1 aliphatic heterocycles. The molecule has 0 radical (unpaired) electrons. The van der Waals surface area contributed by atoms with Gasteiger partial charge in [0.25, 0.3) is 5.91 Å². The van der Waals surface area contributed by atoms with Gasteiger partial charge in [0.15, 0.2) is 11.9 Å². The molecule has 1 fully saturated rings. The normalized spacial score (nSPS) is 20.0. The summed E-state index contributed by atoms with van der Waals surface area (Å²) in [6, 6.07) is 6.68. The molecule has 1 aromatic rings. The Morgan fingerprint density at radius 3 is 3.00 bits per heavy atom. The number of ether oxygens (including phenoxy) is 2. The van der Waals surface area contributed by atoms with Crippen molar-refractivity contribution in [2.75, 3.05) is 25.1 Å². The van der Waals surface area contributed by atoms with Gasteiger partial charge < -0.3 is 25.7 Å². The van der Waals surface area contributed by atoms with Gasteiger partial charge in [-0.1, -0.05) is 17.3 Å². The van der Waals surface area contributed by atoms with E-state index in [1.807, 2.05) is 0 Å². The number of hydrogen-bond acceptors (Lipinski definition) is 5. The molecule has 1 saturated heterocycles. The molecule has 0 bridgehead atoms. The van der Waals surface area contributed by atoms with Gasteiger partial charge in [0.1, 0.15) is 0 Å². The average Bonchev–Trinajstić information content (AvgIpc) is 2.47. The molecule has 19 heavy (non-hydrogen) atoms. The van der Waals surface area contributed by atoms with Gasteiger partial charge in [-0.25, -0.2) is 0 Å². The maximum atomic E-state index is 11.9. The number of hydrogen-bond donors (Lipinski definition) is 3. The fourth-order valence-corrected chi connectivity index (χ4v) is 1.68. The van der Waals surface area contributed by atoms with Crippen molar-refractivity contribution in [1.82, 2.24) is 0 Å². The Morgan fingerprint density at radius 1 is 1.47 bits per heavy atom. The Hall–Kier alpha value is -2.12. The number of rotatable bonds is 3. The number of nitrogens with one attached hydrogen (secondary N) is 1. The van der Waals surface area contributed by atoms with Crippen LogP contribution in [0, 0.1) is 0 Å². The summed E-state index contributed by atoms with van der Waals surface area (Å²) in [5.41, 5.74) is 6.54. The number of oxime groups is 1. The molecule has 1 heterocycles. The topological polar surface area (TPSA) is 106 Å². The first-order chi connectivity index (χ1) is 9.20. The third kappa shape index (κ3) is 3.43. The zero-order valence-electron chi connectivity index (χ0n) is 10.2. The molecule has 1 aliphatic rings. The highest BCUT2D eigenvalue weighted by molar-refractivity contribution is 5.99. The van der Waals surface area contributed by atoms with E-state index in [0.717, 1.165) is 0 Å². The van der Waals surface area contributed by atoms with Crippen molar-refractivity contribution < 1.29 is 19.5 Å². The van der Waals surface area contributed by atoms with Crippen LogP contribution in [0.5, 0.6) is 0 Å². The van der Waals surface area contributed by atoms with Gasteiger partial charge in [-0.15, -0.1) is 0 Å². The predicted octanol–water partition coefficient (Wildman–Crippen LogP) is 0.135. The van der Waals surface area contributed by atoms with E-state index in [2.05, 4.69) is 10.5 Å². The first-order valence-corrected chi connectivity index (χ1v) is 5.79. The molecule has 0 saturated carbocycles. The third-order valence-corrected chi connectivity index (χ3v) is 2.64. The summed E-state index contributed by atoms with van der Waals surface area (Å²) in [6.45, 7) is 1.15. The molecular formula is C12H15N3O4. The number of nitrogens with zero attached hydrogens (tertiary/aromatic N) is 1. The lowest BCUT2D eigenvalue weighted by molar-refractivity contribution is -0.142. The minimum absolute atomic E-state index is 0.0200. The number of amidine groups is 1. The quantitative estimate of drug-likeness (QED) is 0.312. The summed E-state index contributed by atoms with van der Waals surface area (Å²) < 4.78 is 10.4. The lowest BCUT2D eigenvalue weighted by Gasteiger charge is -2.22. The van der Waals surface area contributed by atoms with Gasteiger partial charge in [-0.3, -0.25) is 4.79 Å². The van der Waals surface area contributed by atoms with Crippen molar-refractivity contribution in [1.29, 1.82) is 0 Å². The number of benzene rings is 1. The highest BCUT2D eigenvalue weighted by Gasteiger charge is 2.22. The number of carbonyl (C=O) groups excluding carboxylic acids is 1. The molecule has 0 aromatic heterocycles. The van der Waals surface area contributed by atoms with E-state index in [-0.39, 0.29) is 18.3 Å². The van der Waals surface area contributed by atoms with E-state index in [4.69, 9.17) is 20.4 Å². The van der Waals surface area contributed by atoms with E-state index in [9.17, 15) is 4.79 Å². The molecule has 0 aliphatic carbocycles. The van der Waals surface area contributed by atoms with Crippen molar-refractivity contribution >= 4 is 17.4 Å². The van der Waals surface area contributed by atoms with Crippen molar-refractivity contribution in [3.63, 3.8) is 0 Å². The van der Waals surface area contributed by atoms with Crippen LogP contribution in [-0.2, 0) is 14.3 Å². The van der Waals surface area contributed by atoms with Gasteiger partial charge in [0.2, 0.25) is 0 Å². The summed E-state index contributed by atoms with van der Waals surface area (Å²) in [5.74, 6) is -0.301. The molecule has 1 unspecified atom stereocenters. The van der Waals surface area contributed by atoms with Crippen LogP contribution < -0.4 is 11.1 Å². The molecular weight excluding hydrogens is 250 g/mol. The van der Waals surface area contributed by atoms with Crippen molar-refractivity contribution in [2.24, 2.45) is 10.9 Å². The average molecular weight is 265 g/mol. The predicted molar refractivity (Wildman–Crippen MR) is 68.1 cm³/mol. The van der Waals surface area contributed by atoms with E-state index in [1.165, 1.54) is 0 Å². The first-order valence-electron chi connectivity index (χ1n) is 5.79. The number of amides is 1. The van der Waals surface area contributed by atoms with Crippen LogP contribution in [0.1, 0.15) is 5.56 Å². The molecule has 0 spiro atoms. The zero-order chi connectivity index (χ0) is 13.7. The van der Waals surface area contributed by atoms with Gasteiger partial charge >= 0.3 is 0 Å². The Kier molecular flexibility index (Phi) is 4.32. The fourth-order valence-electron chi connectivity index (χ4n) is 1.68. The molecule has 4 N–H and O–H groups in total. The summed E-state index contributed by atoms with van der Waals surface area (Å²) in [7, 11) is 0. The Bertz CT molecular complexity index is 484. The second kappa shape index (κ2) is 6.17. The first kappa shape index (κ1) is 13.3. The highest BCUT2D eigenvalue weighted by Crippen LogP contribution is 2.12. The van der Waals surface area contributed by atoms with Crippen LogP contribution in [0.4, 0.5) is 5.69 Å². The smallest absolute Gasteiger partial charge is 0.255 e. The maximum Gasteiger partial charge on any atom is 0.255 e. The van der Waals surface area contributed by atoms with Crippen LogP contribution in [0.3, 0.4) is 0 Å². The number of nitrogens with two attached hydrogens (primary N) is 1. The molecule has 1 aromatic carbocycles. The summed E-state index contributed by atoms with van der Waals surface area (Å²) >= 11 is 0. The summed E-state index contributed by atoms with van der Waals surface area (Å²) in [5, 5.41) is 14.2. The van der Waals surface area contributed by atoms with Gasteiger partial charge in [-0.2, -0.15) is 0 Å². The standard InChI is InChI=1S/C12H15N3O4/c13-11(15-17)8-2-1-3-9(6-8)14-12(16)10-7-18-4-5-19-10/h1-3,6,10,17H,4-5,7H2,(H2,13,15)(H,14,16). The molecule has 1 atom stereocenters. The molecule has 2 rings (SSSR count). The zero-order valence-corrected chi connectivity index (χ0v) is 10.2. The second-order valence-electron chi connectivity index (χ2n) is 3.99. The molecule has 7 heteroatoms. The van der Waals surface area contributed by atoms with Crippen molar-refractivity contribution in [3.05, 3.63) is 29.8 Å². The van der Waals surface area contributed by atoms with Gasteiger partial charge in [0, 0.05) is 11.3 Å². The fraction of sp³-hybridized carbons (Fsp3) is 0.333. The Morgan fingerprint density at radius 2 is 2.32 bits per heavy atom. The van der Waals surface area contributed by atoms with Gasteiger partial charge in [0.05, 0.1) is 19.8 Å². The molecule has 1 amide bonds. The van der Waals surface area contributed by atoms with Crippen LogP contribution >= 0.6 is 0 Å². The van der Waals surface area contributed by atoms with Crippen LogP contribution in [0.2, 0.25) is 0 Å². The van der Waals surface area contributed by atoms with E-state index in [1.54, 1.807) is 24.3 Å². The van der Waals surface area contributed by atoms with Crippen LogP contribution in [0.25, 0.3) is 0 Å². The van der Waals surface area contributed by atoms with Crippen LogP contribution in [-0.4, -0.2) is 42.9 Å². The number of anilines is 1. The second-order valence-corrected chi connectivity index (χ2v) is 3.99. The molecule has 7 nitrogen and oxygen atoms in total. The molecule has 102 valence electrons. The maximum absolute atomic E-state index is 11.9. The lowest BCUT2D eigenvalue weighted by atomic mass is 10.2. The summed E-state index contributed by atoms with van der Waals surface area (Å²) in [4.78, 5) is 11.9. The van der Waals surface area contributed by atoms with E-state index >= 15 is 0 Å². The summed E-state index contributed by atoms with van der Waals surface area (Å²) in [6.07, 6.45) is -0.610. The van der Waals surface area contributed by atoms with Crippen LogP contribution in [0.15, 0.2) is 29.4 Å². The lowest BCUT2D eigenvalue weighted by Crippen LogP contribution is -2.39. The minimum atomic E-state index is -0.610. The minimum Gasteiger partial charge on any atom is -0.409 e. The number of carbonyl (C=O) groups is 1.